The van der Waals surface area contributed by atoms with Gasteiger partial charge >= 0.3 is 0 Å². The largest absolute Gasteiger partial charge is 0.353 e. The van der Waals surface area contributed by atoms with Crippen molar-refractivity contribution in [3.05, 3.63) is 0 Å². The number of quaternary nitrogens is 2. The monoisotopic (exact) mass is 76.1 g/mol. The van der Waals surface area contributed by atoms with Gasteiger partial charge in [-0.05, 0) is 6.92 Å². The first kappa shape index (κ1) is 4.92. The maximum atomic E-state index is 3.69. The Bertz CT molecular complexity index is 18.9. The van der Waals surface area contributed by atoms with Crippen molar-refractivity contribution in [2.45, 2.75) is 13.0 Å². The number of hydrogen-bond acceptors (Lipinski definition) is 0. The van der Waals surface area contributed by atoms with E-state index in [1.165, 1.54) is 0 Å². The van der Waals surface area contributed by atoms with E-state index in [4.69, 9.17) is 0 Å². The smallest absolute Gasteiger partial charge is 0.131 e. The van der Waals surface area contributed by atoms with E-state index in [1.54, 1.807) is 0 Å². The van der Waals surface area contributed by atoms with Crippen LogP contribution in [0.3, 0.4) is 0 Å². The molecule has 0 aliphatic carbocycles. The molecule has 0 aromatic heterocycles. The summed E-state index contributed by atoms with van der Waals surface area (Å²) in [5.74, 6) is 0. The fraction of sp³-hybridized carbons (Fsp3) is 1.00. The second-order valence-electron chi connectivity index (χ2n) is 1.39. The van der Waals surface area contributed by atoms with Crippen LogP contribution >= 0.6 is 0 Å². The Morgan fingerprint density at radius 3 is 2.00 bits per heavy atom. The predicted molar refractivity (Wildman–Crippen MR) is 20.1 cm³/mol. The van der Waals surface area contributed by atoms with Gasteiger partial charge in [0, 0.05) is 0 Å². The normalized spacial score (nSPS) is 15.0. The van der Waals surface area contributed by atoms with E-state index < -0.39 is 0 Å². The van der Waals surface area contributed by atoms with Gasteiger partial charge in [0.2, 0.25) is 0 Å². The van der Waals surface area contributed by atoms with E-state index in [0.29, 0.717) is 6.04 Å². The second-order valence-corrected chi connectivity index (χ2v) is 1.39. The summed E-state index contributed by atoms with van der Waals surface area (Å²) in [6.45, 7) is 2.99. The summed E-state index contributed by atoms with van der Waals surface area (Å²) in [5, 5.41) is 0. The van der Waals surface area contributed by atoms with Crippen molar-refractivity contribution in [1.29, 1.82) is 0 Å². The second kappa shape index (κ2) is 2.18. The highest BCUT2D eigenvalue weighted by molar-refractivity contribution is 4.29. The quantitative estimate of drug-likeness (QED) is 0.358. The van der Waals surface area contributed by atoms with Crippen LogP contribution < -0.4 is 11.5 Å². The van der Waals surface area contributed by atoms with Crippen molar-refractivity contribution >= 4 is 0 Å². The lowest BCUT2D eigenvalue weighted by atomic mass is 10.4. The summed E-state index contributed by atoms with van der Waals surface area (Å²) >= 11 is 0. The Hall–Kier alpha value is -0.0800. The third-order valence-corrected chi connectivity index (χ3v) is 0.493. The van der Waals surface area contributed by atoms with Gasteiger partial charge in [-0.2, -0.15) is 0 Å². The zero-order chi connectivity index (χ0) is 4.28. The summed E-state index contributed by atoms with van der Waals surface area (Å²) in [5.41, 5.74) is 7.32. The van der Waals surface area contributed by atoms with Crippen molar-refractivity contribution in [3.8, 4) is 0 Å². The van der Waals surface area contributed by atoms with Crippen molar-refractivity contribution in [2.75, 3.05) is 6.54 Å². The molecular weight excluding hydrogens is 64.0 g/mol. The molecule has 0 rings (SSSR count). The van der Waals surface area contributed by atoms with Crippen LogP contribution in [-0.2, 0) is 0 Å². The van der Waals surface area contributed by atoms with Crippen LogP contribution in [0, 0.1) is 0 Å². The van der Waals surface area contributed by atoms with Gasteiger partial charge in [-0.3, -0.25) is 0 Å². The maximum Gasteiger partial charge on any atom is 0.131 e. The molecule has 0 radical (unpaired) electrons. The predicted octanol–water partition coefficient (Wildman–Crippen LogP) is -2.14. The maximum absolute atomic E-state index is 3.69. The zero-order valence-corrected chi connectivity index (χ0v) is 3.70. The molecule has 0 unspecified atom stereocenters. The van der Waals surface area contributed by atoms with Crippen LogP contribution in [-0.4, -0.2) is 12.6 Å². The molecular formula is C3H12N2+2. The first-order chi connectivity index (χ1) is 2.27. The SMILES string of the molecule is C[C@@H]([NH3+])C[NH3+]. The van der Waals surface area contributed by atoms with E-state index in [0.717, 1.165) is 6.54 Å². The molecule has 0 saturated carbocycles. The minimum atomic E-state index is 0.523. The Balaban J connectivity index is 2.54. The van der Waals surface area contributed by atoms with Crippen molar-refractivity contribution < 1.29 is 11.5 Å². The minimum absolute atomic E-state index is 0.523. The highest BCUT2D eigenvalue weighted by atomic mass is 14.7. The molecule has 5 heavy (non-hydrogen) atoms. The van der Waals surface area contributed by atoms with Crippen molar-refractivity contribution in [1.82, 2.24) is 0 Å². The molecule has 0 aliphatic heterocycles. The molecule has 2 nitrogen and oxygen atoms in total. The van der Waals surface area contributed by atoms with Gasteiger partial charge in [-0.25, -0.2) is 0 Å². The third kappa shape index (κ3) is 3.92. The van der Waals surface area contributed by atoms with Crippen LogP contribution in [0.2, 0.25) is 0 Å². The van der Waals surface area contributed by atoms with Crippen LogP contribution in [0.4, 0.5) is 0 Å². The van der Waals surface area contributed by atoms with E-state index >= 15 is 0 Å². The molecule has 0 heterocycles. The summed E-state index contributed by atoms with van der Waals surface area (Å²) in [6.07, 6.45) is 0. The molecule has 0 aromatic rings. The van der Waals surface area contributed by atoms with Gasteiger partial charge < -0.3 is 11.5 Å². The lowest BCUT2D eigenvalue weighted by Crippen LogP contribution is -2.71. The summed E-state index contributed by atoms with van der Waals surface area (Å²) in [6, 6.07) is 0.523. The molecule has 2 heteroatoms. The summed E-state index contributed by atoms with van der Waals surface area (Å²) in [7, 11) is 0. The van der Waals surface area contributed by atoms with Crippen molar-refractivity contribution in [3.63, 3.8) is 0 Å². The van der Waals surface area contributed by atoms with Gasteiger partial charge in [0.15, 0.2) is 0 Å². The Morgan fingerprint density at radius 1 is 1.80 bits per heavy atom. The van der Waals surface area contributed by atoms with Gasteiger partial charge in [0.05, 0.1) is 0 Å². The number of rotatable bonds is 1. The molecule has 1 atom stereocenters. The van der Waals surface area contributed by atoms with Crippen LogP contribution in [0.1, 0.15) is 6.92 Å². The number of hydrogen-bond donors (Lipinski definition) is 2. The van der Waals surface area contributed by atoms with Gasteiger partial charge in [0.1, 0.15) is 12.6 Å². The van der Waals surface area contributed by atoms with E-state index in [-0.39, 0.29) is 0 Å². The fourth-order valence-corrected chi connectivity index (χ4v) is 0. The molecule has 0 bridgehead atoms. The lowest BCUT2D eigenvalue weighted by Gasteiger charge is -1.85. The van der Waals surface area contributed by atoms with E-state index in [1.807, 2.05) is 6.92 Å². The fourth-order valence-electron chi connectivity index (χ4n) is 0. The van der Waals surface area contributed by atoms with Crippen LogP contribution in [0.15, 0.2) is 0 Å². The molecule has 6 N–H and O–H groups in total. The van der Waals surface area contributed by atoms with E-state index in [2.05, 4.69) is 11.5 Å². The standard InChI is InChI=1S/C3H10N2/c1-3(5)2-4/h3H,2,4-5H2,1H3/p+2/t3-/m1/s1. The molecule has 32 valence electrons. The Labute approximate surface area is 32.1 Å². The summed E-state index contributed by atoms with van der Waals surface area (Å²) in [4.78, 5) is 0. The molecule has 0 aliphatic rings. The zero-order valence-electron chi connectivity index (χ0n) is 3.70. The van der Waals surface area contributed by atoms with Crippen molar-refractivity contribution in [2.24, 2.45) is 0 Å². The molecule has 0 spiro atoms. The average molecular weight is 76.1 g/mol. The average Bonchev–Trinajstić information content (AvgIpc) is 1.38. The molecule has 0 saturated heterocycles. The lowest BCUT2D eigenvalue weighted by molar-refractivity contribution is -0.488. The third-order valence-electron chi connectivity index (χ3n) is 0.493. The van der Waals surface area contributed by atoms with Crippen LogP contribution in [0.5, 0.6) is 0 Å². The molecule has 0 fully saturated rings. The first-order valence-electron chi connectivity index (χ1n) is 1.89. The van der Waals surface area contributed by atoms with Gasteiger partial charge in [0.25, 0.3) is 0 Å². The van der Waals surface area contributed by atoms with Crippen LogP contribution in [0.25, 0.3) is 0 Å². The molecule has 0 amide bonds. The first-order valence-corrected chi connectivity index (χ1v) is 1.89. The highest BCUT2D eigenvalue weighted by Crippen LogP contribution is 1.51. The Morgan fingerprint density at radius 2 is 2.00 bits per heavy atom. The van der Waals surface area contributed by atoms with Gasteiger partial charge in [-0.15, -0.1) is 0 Å². The topological polar surface area (TPSA) is 55.3 Å². The molecule has 0 aromatic carbocycles. The Kier molecular flexibility index (Phi) is 2.14. The summed E-state index contributed by atoms with van der Waals surface area (Å²) < 4.78 is 0. The van der Waals surface area contributed by atoms with Gasteiger partial charge in [-0.1, -0.05) is 0 Å². The minimum Gasteiger partial charge on any atom is -0.353 e. The van der Waals surface area contributed by atoms with E-state index in [9.17, 15) is 0 Å². The highest BCUT2D eigenvalue weighted by Gasteiger charge is 1.88.